The first kappa shape index (κ1) is 28.3. The van der Waals surface area contributed by atoms with Gasteiger partial charge in [0.15, 0.2) is 0 Å². The molecule has 0 saturated heterocycles. The molecule has 0 radical (unpaired) electrons. The van der Waals surface area contributed by atoms with E-state index in [0.29, 0.717) is 19.7 Å². The molecule has 3 aromatic rings. The molecule has 1 N–H and O–H groups in total. The molecule has 0 aliphatic carbocycles. The minimum Gasteiger partial charge on any atom is -0.466 e. The predicted octanol–water partition coefficient (Wildman–Crippen LogP) is 7.28. The average molecular weight is 519 g/mol. The van der Waals surface area contributed by atoms with Gasteiger partial charge >= 0.3 is 12.0 Å². The number of aryl methyl sites for hydroxylation is 1. The molecule has 0 saturated carbocycles. The van der Waals surface area contributed by atoms with Crippen LogP contribution in [0, 0.1) is 0 Å². The number of ether oxygens (including phenoxy) is 1. The van der Waals surface area contributed by atoms with Gasteiger partial charge < -0.3 is 10.1 Å². The van der Waals surface area contributed by atoms with E-state index in [1.165, 1.54) is 5.56 Å². The molecule has 0 fully saturated rings. The summed E-state index contributed by atoms with van der Waals surface area (Å²) in [6.45, 7) is 5.70. The Kier molecular flexibility index (Phi) is 12.1. The van der Waals surface area contributed by atoms with Gasteiger partial charge in [-0.2, -0.15) is 0 Å². The second-order valence-corrected chi connectivity index (χ2v) is 10.1. The van der Waals surface area contributed by atoms with Crippen molar-refractivity contribution in [3.05, 3.63) is 90.0 Å². The molecule has 0 atom stereocenters. The highest BCUT2D eigenvalue weighted by Gasteiger charge is 2.16. The Bertz CT molecular complexity index is 1100. The third kappa shape index (κ3) is 9.96. The Hall–Kier alpha value is -3.25. The van der Waals surface area contributed by atoms with Gasteiger partial charge in [0.05, 0.1) is 13.0 Å². The van der Waals surface area contributed by atoms with Crippen molar-refractivity contribution in [3.8, 4) is 0 Å². The molecule has 196 valence electrons. The van der Waals surface area contributed by atoms with Gasteiger partial charge in [0.25, 0.3) is 0 Å². The van der Waals surface area contributed by atoms with Crippen molar-refractivity contribution in [1.29, 1.82) is 0 Å². The average Bonchev–Trinajstić information content (AvgIpc) is 2.91. The lowest BCUT2D eigenvalue weighted by Crippen LogP contribution is -2.41. The number of nitrogens with one attached hydrogen (secondary N) is 1. The second-order valence-electron chi connectivity index (χ2n) is 8.90. The van der Waals surface area contributed by atoms with E-state index in [1.807, 2.05) is 54.3 Å². The number of rotatable bonds is 14. The van der Waals surface area contributed by atoms with E-state index in [1.54, 1.807) is 11.8 Å². The summed E-state index contributed by atoms with van der Waals surface area (Å²) in [7, 11) is 0. The fourth-order valence-corrected chi connectivity index (χ4v) is 4.88. The van der Waals surface area contributed by atoms with E-state index in [-0.39, 0.29) is 18.4 Å². The summed E-state index contributed by atoms with van der Waals surface area (Å²) in [5.74, 6) is -0.212. The van der Waals surface area contributed by atoms with Crippen LogP contribution in [0.5, 0.6) is 0 Å². The maximum Gasteiger partial charge on any atom is 0.321 e. The summed E-state index contributed by atoms with van der Waals surface area (Å²) in [5.41, 5.74) is 3.10. The van der Waals surface area contributed by atoms with Gasteiger partial charge in [-0.15, -0.1) is 0 Å². The van der Waals surface area contributed by atoms with Crippen LogP contribution >= 0.6 is 11.8 Å². The lowest BCUT2D eigenvalue weighted by molar-refractivity contribution is -0.142. The number of hydrogen-bond acceptors (Lipinski definition) is 4. The van der Waals surface area contributed by atoms with Gasteiger partial charge in [-0.1, -0.05) is 80.1 Å². The van der Waals surface area contributed by atoms with Crippen LogP contribution in [-0.2, 0) is 22.4 Å². The van der Waals surface area contributed by atoms with Crippen molar-refractivity contribution >= 4 is 29.4 Å². The molecule has 0 aromatic heterocycles. The summed E-state index contributed by atoms with van der Waals surface area (Å²) in [6.07, 6.45) is 5.30. The predicted molar refractivity (Wildman–Crippen MR) is 152 cm³/mol. The molecule has 6 heteroatoms. The second kappa shape index (κ2) is 15.8. The van der Waals surface area contributed by atoms with E-state index in [2.05, 4.69) is 48.6 Å². The number of carbonyl (C=O) groups excluding carboxylic acids is 2. The molecule has 0 aliphatic heterocycles. The van der Waals surface area contributed by atoms with Crippen molar-refractivity contribution < 1.29 is 14.3 Å². The molecule has 0 aliphatic rings. The molecule has 0 unspecified atom stereocenters. The number of benzene rings is 3. The van der Waals surface area contributed by atoms with Gasteiger partial charge in [-0.3, -0.25) is 9.69 Å². The summed E-state index contributed by atoms with van der Waals surface area (Å²) < 4.78 is 5.03. The minimum atomic E-state index is -0.212. The number of esters is 1. The van der Waals surface area contributed by atoms with Crippen LogP contribution in [0.25, 0.3) is 0 Å². The van der Waals surface area contributed by atoms with Crippen molar-refractivity contribution in [2.24, 2.45) is 0 Å². The first-order valence-electron chi connectivity index (χ1n) is 13.2. The number of urea groups is 1. The number of unbranched alkanes of at least 4 members (excludes halogenated alkanes) is 2. The molecule has 5 nitrogen and oxygen atoms in total. The number of nitrogens with zero attached hydrogens (tertiary/aromatic N) is 1. The zero-order chi connectivity index (χ0) is 26.3. The molecular weight excluding hydrogens is 480 g/mol. The summed E-state index contributed by atoms with van der Waals surface area (Å²) in [5, 5.41) is 3.11. The standard InChI is InChI=1S/C31H38N2O3S/c1-3-5-9-21-32-31(35)33(22-11-14-25-12-7-6-8-13-25)27-15-10-16-29(24-27)37-28-19-17-26(18-20-28)23-30(34)36-4-2/h6-8,10,12-13,15-20,24H,3-5,9,11,14,21-23H2,1-2H3,(H,32,35). The highest BCUT2D eigenvalue weighted by atomic mass is 32.2. The molecule has 3 rings (SSSR count). The Morgan fingerprint density at radius 2 is 1.62 bits per heavy atom. The minimum absolute atomic E-state index is 0.0466. The maximum atomic E-state index is 13.2. The highest BCUT2D eigenvalue weighted by molar-refractivity contribution is 7.99. The van der Waals surface area contributed by atoms with E-state index < -0.39 is 0 Å². The molecule has 0 bridgehead atoms. The first-order valence-corrected chi connectivity index (χ1v) is 14.0. The highest BCUT2D eigenvalue weighted by Crippen LogP contribution is 2.31. The van der Waals surface area contributed by atoms with Gasteiger partial charge in [-0.25, -0.2) is 4.79 Å². The van der Waals surface area contributed by atoms with E-state index in [4.69, 9.17) is 4.74 Å². The van der Waals surface area contributed by atoms with Crippen LogP contribution in [0.3, 0.4) is 0 Å². The van der Waals surface area contributed by atoms with Crippen molar-refractivity contribution in [3.63, 3.8) is 0 Å². The zero-order valence-electron chi connectivity index (χ0n) is 21.9. The zero-order valence-corrected chi connectivity index (χ0v) is 22.8. The first-order chi connectivity index (χ1) is 18.1. The Balaban J connectivity index is 1.67. The molecule has 37 heavy (non-hydrogen) atoms. The summed E-state index contributed by atoms with van der Waals surface area (Å²) in [6, 6.07) is 26.4. The van der Waals surface area contributed by atoms with E-state index >= 15 is 0 Å². The van der Waals surface area contributed by atoms with Crippen LogP contribution in [-0.4, -0.2) is 31.7 Å². The summed E-state index contributed by atoms with van der Waals surface area (Å²) in [4.78, 5) is 28.9. The van der Waals surface area contributed by atoms with Crippen molar-refractivity contribution in [2.45, 2.75) is 62.2 Å². The summed E-state index contributed by atoms with van der Waals surface area (Å²) >= 11 is 1.64. The molecule has 0 spiro atoms. The number of carbonyl (C=O) groups is 2. The van der Waals surface area contributed by atoms with Crippen LogP contribution < -0.4 is 10.2 Å². The molecule has 0 heterocycles. The molecule has 2 amide bonds. The third-order valence-electron chi connectivity index (χ3n) is 5.93. The largest absolute Gasteiger partial charge is 0.466 e. The third-order valence-corrected chi connectivity index (χ3v) is 6.93. The van der Waals surface area contributed by atoms with Gasteiger partial charge in [-0.05, 0) is 67.6 Å². The smallest absolute Gasteiger partial charge is 0.321 e. The maximum absolute atomic E-state index is 13.2. The SMILES string of the molecule is CCCCCNC(=O)N(CCCc1ccccc1)c1cccc(Sc2ccc(CC(=O)OCC)cc2)c1. The Morgan fingerprint density at radius 1 is 0.838 bits per heavy atom. The monoisotopic (exact) mass is 518 g/mol. The van der Waals surface area contributed by atoms with Crippen molar-refractivity contribution in [2.75, 3.05) is 24.6 Å². The Labute approximate surface area is 225 Å². The van der Waals surface area contributed by atoms with Gasteiger partial charge in [0.1, 0.15) is 0 Å². The fraction of sp³-hybridized carbons (Fsp3) is 0.355. The number of hydrogen-bond donors (Lipinski definition) is 1. The topological polar surface area (TPSA) is 58.6 Å². The Morgan fingerprint density at radius 3 is 2.35 bits per heavy atom. The fourth-order valence-electron chi connectivity index (χ4n) is 4.00. The lowest BCUT2D eigenvalue weighted by Gasteiger charge is -2.24. The van der Waals surface area contributed by atoms with Gasteiger partial charge in [0.2, 0.25) is 0 Å². The van der Waals surface area contributed by atoms with E-state index in [9.17, 15) is 9.59 Å². The van der Waals surface area contributed by atoms with Crippen molar-refractivity contribution in [1.82, 2.24) is 5.32 Å². The van der Waals surface area contributed by atoms with Crippen LogP contribution in [0.4, 0.5) is 10.5 Å². The van der Waals surface area contributed by atoms with E-state index in [0.717, 1.165) is 53.1 Å². The van der Waals surface area contributed by atoms with Crippen LogP contribution in [0.2, 0.25) is 0 Å². The number of anilines is 1. The normalized spacial score (nSPS) is 10.6. The number of amides is 2. The molecule has 3 aromatic carbocycles. The lowest BCUT2D eigenvalue weighted by atomic mass is 10.1. The van der Waals surface area contributed by atoms with Gasteiger partial charge in [0, 0.05) is 28.6 Å². The van der Waals surface area contributed by atoms with Crippen LogP contribution in [0.15, 0.2) is 88.7 Å². The quantitative estimate of drug-likeness (QED) is 0.180. The molecular formula is C31H38N2O3S. The van der Waals surface area contributed by atoms with Crippen LogP contribution in [0.1, 0.15) is 50.7 Å².